The predicted molar refractivity (Wildman–Crippen MR) is 113 cm³/mol. The van der Waals surface area contributed by atoms with Crippen molar-refractivity contribution in [1.82, 2.24) is 10.4 Å². The molecule has 2 aromatic rings. The van der Waals surface area contributed by atoms with E-state index in [9.17, 15) is 9.59 Å². The number of hydrazine groups is 1. The van der Waals surface area contributed by atoms with Crippen LogP contribution >= 0.6 is 35.6 Å². The van der Waals surface area contributed by atoms with E-state index in [2.05, 4.69) is 5.43 Å². The molecule has 28 heavy (non-hydrogen) atoms. The molecule has 1 aliphatic rings. The second-order valence-corrected chi connectivity index (χ2v) is 7.66. The summed E-state index contributed by atoms with van der Waals surface area (Å²) in [6, 6.07) is 11.7. The van der Waals surface area contributed by atoms with Crippen molar-refractivity contribution in [1.29, 1.82) is 0 Å². The highest BCUT2D eigenvalue weighted by Crippen LogP contribution is 2.36. The number of methoxy groups -OCH3 is 2. The Labute approximate surface area is 176 Å². The van der Waals surface area contributed by atoms with E-state index in [0.29, 0.717) is 32.6 Å². The second kappa shape index (κ2) is 8.64. The van der Waals surface area contributed by atoms with Crippen LogP contribution in [0.25, 0.3) is 6.08 Å². The molecule has 144 valence electrons. The number of thiocarbonyl (C=S) groups is 1. The van der Waals surface area contributed by atoms with Crippen molar-refractivity contribution in [3.63, 3.8) is 0 Å². The zero-order chi connectivity index (χ0) is 20.3. The lowest BCUT2D eigenvalue weighted by atomic mass is 10.1. The molecule has 6 nitrogen and oxygen atoms in total. The average molecular weight is 435 g/mol. The first-order valence-corrected chi connectivity index (χ1v) is 9.60. The fraction of sp³-hybridized carbons (Fsp3) is 0.105. The van der Waals surface area contributed by atoms with Gasteiger partial charge in [-0.3, -0.25) is 15.0 Å². The topological polar surface area (TPSA) is 67.9 Å². The molecule has 0 atom stereocenters. The average Bonchev–Trinajstić information content (AvgIpc) is 2.95. The first-order valence-electron chi connectivity index (χ1n) is 8.00. The molecule has 2 aromatic carbocycles. The van der Waals surface area contributed by atoms with Gasteiger partial charge in [-0.05, 0) is 42.6 Å². The Morgan fingerprint density at radius 2 is 1.96 bits per heavy atom. The Bertz CT molecular complexity index is 994. The number of para-hydroxylation sites is 1. The quantitative estimate of drug-likeness (QED) is 0.568. The van der Waals surface area contributed by atoms with Crippen LogP contribution in [0.1, 0.15) is 15.9 Å². The molecular formula is C19H15ClN2O4S2. The van der Waals surface area contributed by atoms with E-state index in [1.165, 1.54) is 20.3 Å². The smallest absolute Gasteiger partial charge is 0.285 e. The number of ether oxygens (including phenoxy) is 2. The summed E-state index contributed by atoms with van der Waals surface area (Å²) in [6.45, 7) is 0. The number of hydrogen-bond acceptors (Lipinski definition) is 6. The Morgan fingerprint density at radius 1 is 1.21 bits per heavy atom. The lowest BCUT2D eigenvalue weighted by Crippen LogP contribution is -2.44. The van der Waals surface area contributed by atoms with E-state index in [-0.39, 0.29) is 4.32 Å². The Kier molecular flexibility index (Phi) is 6.23. The summed E-state index contributed by atoms with van der Waals surface area (Å²) in [5.74, 6) is 0.119. The Balaban J connectivity index is 1.84. The van der Waals surface area contributed by atoms with Crippen molar-refractivity contribution in [2.24, 2.45) is 0 Å². The van der Waals surface area contributed by atoms with Crippen LogP contribution in [-0.2, 0) is 4.79 Å². The number of nitrogens with zero attached hydrogens (tertiary/aromatic N) is 1. The maximum Gasteiger partial charge on any atom is 0.285 e. The van der Waals surface area contributed by atoms with Gasteiger partial charge in [0.25, 0.3) is 11.8 Å². The number of nitrogens with one attached hydrogen (secondary N) is 1. The van der Waals surface area contributed by atoms with Gasteiger partial charge >= 0.3 is 0 Å². The Morgan fingerprint density at radius 3 is 2.64 bits per heavy atom. The van der Waals surface area contributed by atoms with Gasteiger partial charge in [-0.2, -0.15) is 5.01 Å². The van der Waals surface area contributed by atoms with E-state index in [1.807, 2.05) is 0 Å². The Hall–Kier alpha value is -2.55. The molecule has 0 saturated carbocycles. The highest BCUT2D eigenvalue weighted by Gasteiger charge is 2.34. The summed E-state index contributed by atoms with van der Waals surface area (Å²) in [7, 11) is 3.05. The third-order valence-electron chi connectivity index (χ3n) is 3.81. The van der Waals surface area contributed by atoms with Gasteiger partial charge < -0.3 is 9.47 Å². The van der Waals surface area contributed by atoms with E-state index >= 15 is 0 Å². The van der Waals surface area contributed by atoms with Crippen molar-refractivity contribution in [3.8, 4) is 11.5 Å². The predicted octanol–water partition coefficient (Wildman–Crippen LogP) is 3.90. The second-order valence-electron chi connectivity index (χ2n) is 5.55. The number of amides is 2. The van der Waals surface area contributed by atoms with Gasteiger partial charge in [0.2, 0.25) is 0 Å². The summed E-state index contributed by atoms with van der Waals surface area (Å²) in [4.78, 5) is 25.5. The van der Waals surface area contributed by atoms with Crippen LogP contribution in [0.5, 0.6) is 11.5 Å². The zero-order valence-corrected chi connectivity index (χ0v) is 17.3. The van der Waals surface area contributed by atoms with Crippen molar-refractivity contribution < 1.29 is 19.1 Å². The normalized spacial score (nSPS) is 15.1. The van der Waals surface area contributed by atoms with E-state index in [0.717, 1.165) is 16.8 Å². The standard InChI is InChI=1S/C19H15ClN2O4S2/c1-25-14-8-4-5-11(16(14)26-2)10-15-18(24)22(19(27)28-15)21-17(23)12-6-3-7-13(20)9-12/h3-10H,1-2H3,(H,21,23)/b15-10-. The SMILES string of the molecule is COc1cccc(/C=C2\SC(=S)N(NC(=O)c3cccc(Cl)c3)C2=O)c1OC. The number of carbonyl (C=O) groups is 2. The van der Waals surface area contributed by atoms with Gasteiger partial charge in [-0.25, -0.2) is 0 Å². The largest absolute Gasteiger partial charge is 0.493 e. The monoisotopic (exact) mass is 434 g/mol. The van der Waals surface area contributed by atoms with Crippen LogP contribution in [-0.4, -0.2) is 35.4 Å². The fourth-order valence-corrected chi connectivity index (χ4v) is 3.89. The molecule has 3 rings (SSSR count). The molecule has 1 aliphatic heterocycles. The maximum atomic E-state index is 12.7. The number of halogens is 1. The van der Waals surface area contributed by atoms with Gasteiger partial charge in [0, 0.05) is 16.1 Å². The minimum absolute atomic E-state index is 0.216. The van der Waals surface area contributed by atoms with Crippen LogP contribution in [0.2, 0.25) is 5.02 Å². The van der Waals surface area contributed by atoms with Crippen molar-refractivity contribution in [2.75, 3.05) is 14.2 Å². The van der Waals surface area contributed by atoms with Crippen molar-refractivity contribution in [2.45, 2.75) is 0 Å². The molecule has 0 spiro atoms. The van der Waals surface area contributed by atoms with E-state index in [1.54, 1.807) is 42.5 Å². The molecule has 1 N–H and O–H groups in total. The number of benzene rings is 2. The lowest BCUT2D eigenvalue weighted by Gasteiger charge is -2.15. The molecule has 0 bridgehead atoms. The van der Waals surface area contributed by atoms with Crippen molar-refractivity contribution >= 4 is 57.8 Å². The van der Waals surface area contributed by atoms with Crippen LogP contribution in [0.4, 0.5) is 0 Å². The number of rotatable bonds is 5. The highest BCUT2D eigenvalue weighted by atomic mass is 35.5. The van der Waals surface area contributed by atoms with Gasteiger partial charge in [-0.1, -0.05) is 41.6 Å². The maximum absolute atomic E-state index is 12.7. The van der Waals surface area contributed by atoms with Gasteiger partial charge in [0.05, 0.1) is 19.1 Å². The van der Waals surface area contributed by atoms with Gasteiger partial charge in [0.1, 0.15) is 0 Å². The third-order valence-corrected chi connectivity index (χ3v) is 5.35. The third kappa shape index (κ3) is 4.14. The molecule has 9 heteroatoms. The molecule has 1 heterocycles. The minimum Gasteiger partial charge on any atom is -0.493 e. The summed E-state index contributed by atoms with van der Waals surface area (Å²) in [5, 5.41) is 1.46. The first-order chi connectivity index (χ1) is 13.4. The van der Waals surface area contributed by atoms with Gasteiger partial charge in [0.15, 0.2) is 15.8 Å². The van der Waals surface area contributed by atoms with E-state index in [4.69, 9.17) is 33.3 Å². The van der Waals surface area contributed by atoms with Crippen LogP contribution in [0, 0.1) is 0 Å². The number of thioether (sulfide) groups is 1. The number of carbonyl (C=O) groups excluding carboxylic acids is 2. The van der Waals surface area contributed by atoms with Crippen molar-refractivity contribution in [3.05, 3.63) is 63.5 Å². The molecular weight excluding hydrogens is 420 g/mol. The van der Waals surface area contributed by atoms with Crippen LogP contribution in [0.3, 0.4) is 0 Å². The molecule has 0 unspecified atom stereocenters. The lowest BCUT2D eigenvalue weighted by molar-refractivity contribution is -0.123. The molecule has 1 saturated heterocycles. The molecule has 2 amide bonds. The summed E-state index contributed by atoms with van der Waals surface area (Å²) >= 11 is 12.2. The molecule has 0 aliphatic carbocycles. The highest BCUT2D eigenvalue weighted by molar-refractivity contribution is 8.26. The summed E-state index contributed by atoms with van der Waals surface area (Å²) in [5.41, 5.74) is 3.49. The van der Waals surface area contributed by atoms with Crippen LogP contribution in [0.15, 0.2) is 47.4 Å². The molecule has 0 radical (unpaired) electrons. The van der Waals surface area contributed by atoms with Gasteiger partial charge in [-0.15, -0.1) is 0 Å². The minimum atomic E-state index is -0.487. The number of hydrogen-bond donors (Lipinski definition) is 1. The van der Waals surface area contributed by atoms with E-state index < -0.39 is 11.8 Å². The zero-order valence-electron chi connectivity index (χ0n) is 14.9. The summed E-state index contributed by atoms with van der Waals surface area (Å²) in [6.07, 6.45) is 1.65. The molecule has 0 aromatic heterocycles. The molecule has 1 fully saturated rings. The fourth-order valence-electron chi connectivity index (χ4n) is 2.53. The first kappa shape index (κ1) is 20.2. The summed E-state index contributed by atoms with van der Waals surface area (Å²) < 4.78 is 10.9. The van der Waals surface area contributed by atoms with Crippen LogP contribution < -0.4 is 14.9 Å².